The summed E-state index contributed by atoms with van der Waals surface area (Å²) in [5, 5.41) is 0. The van der Waals surface area contributed by atoms with Crippen molar-refractivity contribution in [2.75, 3.05) is 0 Å². The van der Waals surface area contributed by atoms with Crippen LogP contribution in [0.15, 0.2) is 0 Å². The van der Waals surface area contributed by atoms with Gasteiger partial charge in [0.2, 0.25) is 0 Å². The summed E-state index contributed by atoms with van der Waals surface area (Å²) in [6.45, 7) is 2.27. The molecule has 19 heavy (non-hydrogen) atoms. The molecule has 0 aliphatic heterocycles. The van der Waals surface area contributed by atoms with Crippen LogP contribution in [-0.2, 0) is 4.79 Å². The van der Waals surface area contributed by atoms with Crippen molar-refractivity contribution >= 4 is 6.29 Å². The molecule has 3 heteroatoms. The van der Waals surface area contributed by atoms with Crippen LogP contribution in [0.1, 0.15) is 99.7 Å². The average molecular weight is 288 g/mol. The molecular formula is C16H34Na2O. The van der Waals surface area contributed by atoms with E-state index in [-0.39, 0.29) is 62.0 Å². The van der Waals surface area contributed by atoms with Gasteiger partial charge >= 0.3 is 59.1 Å². The fourth-order valence-corrected chi connectivity index (χ4v) is 2.25. The van der Waals surface area contributed by atoms with Gasteiger partial charge in [-0.1, -0.05) is 84.0 Å². The van der Waals surface area contributed by atoms with E-state index in [1.54, 1.807) is 0 Å². The van der Waals surface area contributed by atoms with E-state index in [0.717, 1.165) is 19.1 Å². The number of carbonyl (C=O) groups is 1. The van der Waals surface area contributed by atoms with Gasteiger partial charge in [0.25, 0.3) is 0 Å². The van der Waals surface area contributed by atoms with Crippen molar-refractivity contribution in [2.45, 2.75) is 96.8 Å². The molecule has 0 aromatic carbocycles. The van der Waals surface area contributed by atoms with E-state index in [9.17, 15) is 4.79 Å². The Morgan fingerprint density at radius 2 is 0.947 bits per heavy atom. The van der Waals surface area contributed by atoms with Crippen LogP contribution in [0.4, 0.5) is 0 Å². The summed E-state index contributed by atoms with van der Waals surface area (Å²) in [5.74, 6) is 0. The molecule has 0 N–H and O–H groups in total. The largest absolute Gasteiger partial charge is 1.00 e. The Hall–Kier alpha value is 1.67. The third-order valence-corrected chi connectivity index (χ3v) is 3.43. The standard InChI is InChI=1S/C16H32O.2Na.2H/c1-2-3-4-5-6-7-8-9-10-11-12-13-14-15-16-17;;;;/h16H,2-15H2,1H3;;;;/q;2*+1;2*-1. The predicted octanol–water partition coefficient (Wildman–Crippen LogP) is -0.100. The molecule has 0 saturated carbocycles. The molecule has 0 aromatic rings. The number of aldehydes is 1. The first-order valence-corrected chi connectivity index (χ1v) is 7.85. The molecule has 0 bridgehead atoms. The Labute approximate surface area is 168 Å². The van der Waals surface area contributed by atoms with Gasteiger partial charge in [-0.05, 0) is 6.42 Å². The van der Waals surface area contributed by atoms with Crippen LogP contribution in [0.5, 0.6) is 0 Å². The number of carbonyl (C=O) groups excluding carboxylic acids is 1. The van der Waals surface area contributed by atoms with E-state index in [0.29, 0.717) is 0 Å². The van der Waals surface area contributed by atoms with E-state index in [1.165, 1.54) is 77.0 Å². The van der Waals surface area contributed by atoms with Gasteiger partial charge in [0.05, 0.1) is 0 Å². The second kappa shape index (κ2) is 24.7. The molecule has 0 aliphatic rings. The summed E-state index contributed by atoms with van der Waals surface area (Å²) in [7, 11) is 0. The Morgan fingerprint density at radius 3 is 1.26 bits per heavy atom. The van der Waals surface area contributed by atoms with Crippen LogP contribution in [-0.4, -0.2) is 6.29 Å². The van der Waals surface area contributed by atoms with E-state index in [1.807, 2.05) is 0 Å². The zero-order chi connectivity index (χ0) is 12.6. The zero-order valence-electron chi connectivity index (χ0n) is 15.9. The monoisotopic (exact) mass is 288 g/mol. The first kappa shape index (κ1) is 25.6. The molecule has 0 spiro atoms. The second-order valence-corrected chi connectivity index (χ2v) is 5.20. The van der Waals surface area contributed by atoms with Crippen molar-refractivity contribution in [3.05, 3.63) is 0 Å². The van der Waals surface area contributed by atoms with Crippen LogP contribution in [0, 0.1) is 0 Å². The van der Waals surface area contributed by atoms with Gasteiger partial charge in [-0.3, -0.25) is 0 Å². The molecule has 0 atom stereocenters. The summed E-state index contributed by atoms with van der Waals surface area (Å²) >= 11 is 0. The minimum atomic E-state index is 0. The van der Waals surface area contributed by atoms with Crippen LogP contribution >= 0.6 is 0 Å². The third-order valence-electron chi connectivity index (χ3n) is 3.43. The molecule has 0 amide bonds. The molecule has 106 valence electrons. The summed E-state index contributed by atoms with van der Waals surface area (Å²) in [4.78, 5) is 10.1. The molecule has 0 aliphatic carbocycles. The van der Waals surface area contributed by atoms with E-state index in [2.05, 4.69) is 6.92 Å². The van der Waals surface area contributed by atoms with Crippen molar-refractivity contribution in [3.63, 3.8) is 0 Å². The van der Waals surface area contributed by atoms with Crippen LogP contribution in [0.2, 0.25) is 0 Å². The Kier molecular flexibility index (Phi) is 33.3. The van der Waals surface area contributed by atoms with Gasteiger partial charge < -0.3 is 7.65 Å². The van der Waals surface area contributed by atoms with Gasteiger partial charge in [-0.25, -0.2) is 0 Å². The minimum Gasteiger partial charge on any atom is -1.00 e. The van der Waals surface area contributed by atoms with Gasteiger partial charge in [0, 0.05) is 6.42 Å². The van der Waals surface area contributed by atoms with Crippen molar-refractivity contribution in [1.82, 2.24) is 0 Å². The molecule has 0 fully saturated rings. The van der Waals surface area contributed by atoms with Crippen molar-refractivity contribution < 1.29 is 66.8 Å². The van der Waals surface area contributed by atoms with Crippen LogP contribution in [0.25, 0.3) is 0 Å². The topological polar surface area (TPSA) is 17.1 Å². The normalized spacial score (nSPS) is 9.53. The van der Waals surface area contributed by atoms with Crippen molar-refractivity contribution in [2.24, 2.45) is 0 Å². The second-order valence-electron chi connectivity index (χ2n) is 5.20. The van der Waals surface area contributed by atoms with Crippen LogP contribution < -0.4 is 59.1 Å². The fraction of sp³-hybridized carbons (Fsp3) is 0.938. The Morgan fingerprint density at radius 1 is 0.632 bits per heavy atom. The quantitative estimate of drug-likeness (QED) is 0.248. The van der Waals surface area contributed by atoms with Gasteiger partial charge in [0.1, 0.15) is 6.29 Å². The summed E-state index contributed by atoms with van der Waals surface area (Å²) < 4.78 is 0. The Bertz CT molecular complexity index is 161. The molecule has 0 aromatic heterocycles. The zero-order valence-corrected chi connectivity index (χ0v) is 17.9. The summed E-state index contributed by atoms with van der Waals surface area (Å²) in [5.41, 5.74) is 0. The maximum atomic E-state index is 10.1. The number of rotatable bonds is 14. The number of unbranched alkanes of at least 4 members (excludes halogenated alkanes) is 13. The van der Waals surface area contributed by atoms with E-state index in [4.69, 9.17) is 0 Å². The number of hydrogen-bond donors (Lipinski definition) is 0. The van der Waals surface area contributed by atoms with Gasteiger partial charge in [-0.2, -0.15) is 0 Å². The van der Waals surface area contributed by atoms with Crippen molar-refractivity contribution in [1.29, 1.82) is 0 Å². The number of hydrogen-bond acceptors (Lipinski definition) is 1. The smallest absolute Gasteiger partial charge is 1.00 e. The fourth-order valence-electron chi connectivity index (χ4n) is 2.25. The molecule has 0 radical (unpaired) electrons. The SMILES string of the molecule is CCCCCCCCCCCCCCCC=O.[H-].[H-].[Na+].[Na+]. The summed E-state index contributed by atoms with van der Waals surface area (Å²) in [6, 6.07) is 0. The average Bonchev–Trinajstić information content (AvgIpc) is 2.35. The minimum absolute atomic E-state index is 0. The molecule has 1 nitrogen and oxygen atoms in total. The Balaban J connectivity index is -0.000000213. The first-order chi connectivity index (χ1) is 8.41. The maximum absolute atomic E-state index is 10.1. The van der Waals surface area contributed by atoms with E-state index >= 15 is 0 Å². The molecule has 0 unspecified atom stereocenters. The van der Waals surface area contributed by atoms with Gasteiger partial charge in [0.15, 0.2) is 0 Å². The van der Waals surface area contributed by atoms with Crippen LogP contribution in [0.3, 0.4) is 0 Å². The first-order valence-electron chi connectivity index (χ1n) is 7.85. The van der Waals surface area contributed by atoms with Gasteiger partial charge in [-0.15, -0.1) is 0 Å². The molecule has 0 heterocycles. The molecular weight excluding hydrogens is 254 g/mol. The summed E-state index contributed by atoms with van der Waals surface area (Å²) in [6.07, 6.45) is 19.6. The maximum Gasteiger partial charge on any atom is 1.00 e. The molecule has 0 rings (SSSR count). The third kappa shape index (κ3) is 25.0. The van der Waals surface area contributed by atoms with Crippen molar-refractivity contribution in [3.8, 4) is 0 Å². The predicted molar refractivity (Wildman–Crippen MR) is 78.6 cm³/mol. The molecule has 0 saturated heterocycles. The van der Waals surface area contributed by atoms with E-state index < -0.39 is 0 Å².